The molecule has 6 aromatic rings. The Hall–Kier alpha value is -5.85. The molecule has 1 N–H and O–H groups in total. The van der Waals surface area contributed by atoms with Crippen molar-refractivity contribution in [2.24, 2.45) is 0 Å². The minimum Gasteiger partial charge on any atom is -0.507 e. The summed E-state index contributed by atoms with van der Waals surface area (Å²) in [5.41, 5.74) is 1.21. The molecule has 0 unspecified atom stereocenters. The van der Waals surface area contributed by atoms with Crippen molar-refractivity contribution in [2.75, 3.05) is 11.4 Å². The zero-order valence-electron chi connectivity index (χ0n) is 26.6. The van der Waals surface area contributed by atoms with Crippen molar-refractivity contribution in [3.05, 3.63) is 123 Å². The lowest BCUT2D eigenvalue weighted by molar-refractivity contribution is 0.470. The van der Waals surface area contributed by atoms with Crippen LogP contribution in [0.3, 0.4) is 0 Å². The minimum atomic E-state index is -0.920. The molecule has 1 aliphatic heterocycles. The fourth-order valence-electron chi connectivity index (χ4n) is 6.22. The first kappa shape index (κ1) is 31.7. The van der Waals surface area contributed by atoms with E-state index < -0.39 is 46.0 Å². The van der Waals surface area contributed by atoms with E-state index in [0.717, 1.165) is 23.9 Å². The Balaban J connectivity index is 1.37. The molecule has 49 heavy (non-hydrogen) atoms. The number of nitrogens with zero attached hydrogens (tertiary/aromatic N) is 7. The van der Waals surface area contributed by atoms with Crippen LogP contribution in [0.1, 0.15) is 48.1 Å². The van der Waals surface area contributed by atoms with Crippen molar-refractivity contribution in [3.63, 3.8) is 0 Å². The normalized spacial score (nSPS) is 13.2. The largest absolute Gasteiger partial charge is 0.507 e. The minimum absolute atomic E-state index is 0.0112. The van der Waals surface area contributed by atoms with Crippen molar-refractivity contribution in [1.29, 1.82) is 0 Å². The molecule has 1 aliphatic rings. The van der Waals surface area contributed by atoms with Gasteiger partial charge in [0, 0.05) is 25.4 Å². The predicted molar refractivity (Wildman–Crippen MR) is 177 cm³/mol. The van der Waals surface area contributed by atoms with Gasteiger partial charge in [0.15, 0.2) is 11.5 Å². The molecule has 0 atom stereocenters. The summed E-state index contributed by atoms with van der Waals surface area (Å²) in [6.45, 7) is 6.63. The third-order valence-corrected chi connectivity index (χ3v) is 8.48. The Morgan fingerprint density at radius 3 is 2.43 bits per heavy atom. The lowest BCUT2D eigenvalue weighted by Gasteiger charge is -2.30. The van der Waals surface area contributed by atoms with Gasteiger partial charge in [-0.3, -0.25) is 4.98 Å². The Bertz CT molecular complexity index is 2330. The smallest absolute Gasteiger partial charge is 0.355 e. The number of aromatic hydroxyl groups is 1. The predicted octanol–water partition coefficient (Wildman–Crippen LogP) is 6.92. The molecule has 0 saturated heterocycles. The number of hydrogen-bond acceptors (Lipinski definition) is 7. The number of hydrogen-bond donors (Lipinski definition) is 1. The second kappa shape index (κ2) is 12.3. The van der Waals surface area contributed by atoms with Crippen molar-refractivity contribution >= 4 is 29.0 Å². The summed E-state index contributed by atoms with van der Waals surface area (Å²) in [5, 5.41) is 10.7. The number of aromatic nitrogens is 6. The molecule has 0 radical (unpaired) electrons. The lowest BCUT2D eigenvalue weighted by Crippen LogP contribution is -2.37. The van der Waals surface area contributed by atoms with Crippen LogP contribution in [-0.2, 0) is 13.1 Å². The van der Waals surface area contributed by atoms with Gasteiger partial charge in [-0.2, -0.15) is 4.98 Å². The topological polar surface area (TPSA) is 102 Å². The summed E-state index contributed by atoms with van der Waals surface area (Å²) in [5.74, 6) is -3.08. The monoisotopic (exact) mass is 667 g/mol. The summed E-state index contributed by atoms with van der Waals surface area (Å²) in [7, 11) is 0. The molecule has 0 amide bonds. The van der Waals surface area contributed by atoms with Crippen LogP contribution in [0, 0.1) is 30.2 Å². The van der Waals surface area contributed by atoms with Crippen LogP contribution in [0.15, 0.2) is 65.7 Å². The Kier molecular flexibility index (Phi) is 7.97. The van der Waals surface area contributed by atoms with E-state index in [-0.39, 0.29) is 29.3 Å². The molecule has 0 fully saturated rings. The second-order valence-corrected chi connectivity index (χ2v) is 12.1. The van der Waals surface area contributed by atoms with Gasteiger partial charge >= 0.3 is 5.69 Å². The average Bonchev–Trinajstić information content (AvgIpc) is 3.46. The summed E-state index contributed by atoms with van der Waals surface area (Å²) in [6.07, 6.45) is 6.50. The molecule has 0 aliphatic carbocycles. The van der Waals surface area contributed by atoms with Gasteiger partial charge in [-0.25, -0.2) is 36.9 Å². The first-order chi connectivity index (χ1) is 23.5. The van der Waals surface area contributed by atoms with Crippen LogP contribution >= 0.6 is 0 Å². The number of phenolic OH excluding ortho intramolecular Hbond substituents is 1. The highest BCUT2D eigenvalue weighted by atomic mass is 19.1. The maximum atomic E-state index is 16.0. The number of fused-ring (bicyclic) bond motifs is 2. The number of benzene rings is 2. The zero-order chi connectivity index (χ0) is 34.6. The Morgan fingerprint density at radius 1 is 0.918 bits per heavy atom. The molecule has 13 heteroatoms. The van der Waals surface area contributed by atoms with Gasteiger partial charge in [0.05, 0.1) is 40.8 Å². The number of pyridine rings is 2. The summed E-state index contributed by atoms with van der Waals surface area (Å²) in [4.78, 5) is 33.8. The van der Waals surface area contributed by atoms with Crippen molar-refractivity contribution < 1.29 is 22.7 Å². The standard InChI is InChI=1S/C36H29F4N7O2/c1-19(2)31-33(20(3)9-10-41-31)47-35-25(16-27(40)32(43-35)30-26(39)5-4-6-28(30)48)34(44-36(47)49)45-11-12-46-24(18-45)17-42-29(46)8-7-21-13-22(37)15-23(38)14-21/h4-10,13-17,19,48H,11-12,18H2,1-3H3/b8-7+. The molecule has 0 saturated carbocycles. The summed E-state index contributed by atoms with van der Waals surface area (Å²) < 4.78 is 61.6. The van der Waals surface area contributed by atoms with E-state index in [1.54, 1.807) is 35.5 Å². The fraction of sp³-hybridized carbons (Fsp3) is 0.194. The van der Waals surface area contributed by atoms with Crippen LogP contribution in [0.2, 0.25) is 0 Å². The molecule has 0 bridgehead atoms. The Labute approximate surface area is 277 Å². The molecular weight excluding hydrogens is 638 g/mol. The van der Waals surface area contributed by atoms with E-state index in [1.807, 2.05) is 25.3 Å². The highest BCUT2D eigenvalue weighted by Gasteiger charge is 2.28. The van der Waals surface area contributed by atoms with Gasteiger partial charge < -0.3 is 14.6 Å². The van der Waals surface area contributed by atoms with Crippen LogP contribution in [0.25, 0.3) is 40.1 Å². The van der Waals surface area contributed by atoms with Gasteiger partial charge in [-0.05, 0) is 66.4 Å². The number of anilines is 1. The van der Waals surface area contributed by atoms with E-state index in [2.05, 4.69) is 19.9 Å². The van der Waals surface area contributed by atoms with Crippen molar-refractivity contribution in [2.45, 2.75) is 39.8 Å². The number of rotatable bonds is 6. The first-order valence-electron chi connectivity index (χ1n) is 15.5. The zero-order valence-corrected chi connectivity index (χ0v) is 26.6. The van der Waals surface area contributed by atoms with E-state index in [4.69, 9.17) is 0 Å². The maximum absolute atomic E-state index is 16.0. The number of halogens is 4. The summed E-state index contributed by atoms with van der Waals surface area (Å²) >= 11 is 0. The third kappa shape index (κ3) is 5.70. The average molecular weight is 668 g/mol. The Morgan fingerprint density at radius 2 is 1.69 bits per heavy atom. The number of imidazole rings is 1. The highest BCUT2D eigenvalue weighted by molar-refractivity contribution is 5.91. The van der Waals surface area contributed by atoms with E-state index in [9.17, 15) is 18.7 Å². The van der Waals surface area contributed by atoms with E-state index in [1.165, 1.54) is 28.8 Å². The fourth-order valence-corrected chi connectivity index (χ4v) is 6.22. The molecule has 5 heterocycles. The van der Waals surface area contributed by atoms with Crippen LogP contribution in [0.4, 0.5) is 23.4 Å². The third-order valence-electron chi connectivity index (χ3n) is 8.48. The molecule has 0 spiro atoms. The molecule has 7 rings (SSSR count). The van der Waals surface area contributed by atoms with E-state index >= 15 is 8.78 Å². The van der Waals surface area contributed by atoms with Gasteiger partial charge in [0.1, 0.15) is 40.5 Å². The molecule has 2 aromatic carbocycles. The van der Waals surface area contributed by atoms with Crippen molar-refractivity contribution in [3.8, 4) is 22.7 Å². The first-order valence-corrected chi connectivity index (χ1v) is 15.5. The van der Waals surface area contributed by atoms with Crippen LogP contribution in [-0.4, -0.2) is 40.7 Å². The van der Waals surface area contributed by atoms with Gasteiger partial charge in [0.2, 0.25) is 0 Å². The van der Waals surface area contributed by atoms with Crippen LogP contribution in [0.5, 0.6) is 5.75 Å². The summed E-state index contributed by atoms with van der Waals surface area (Å²) in [6, 6.07) is 9.73. The number of aryl methyl sites for hydroxylation is 1. The van der Waals surface area contributed by atoms with Gasteiger partial charge in [0.25, 0.3) is 0 Å². The van der Waals surface area contributed by atoms with Crippen molar-refractivity contribution in [1.82, 2.24) is 29.1 Å². The lowest BCUT2D eigenvalue weighted by atomic mass is 10.0. The van der Waals surface area contributed by atoms with Crippen LogP contribution < -0.4 is 10.6 Å². The molecular formula is C36H29F4N7O2. The molecule has 4 aromatic heterocycles. The quantitative estimate of drug-likeness (QED) is 0.192. The number of phenols is 1. The van der Waals surface area contributed by atoms with E-state index in [0.29, 0.717) is 41.4 Å². The van der Waals surface area contributed by atoms with Gasteiger partial charge in [-0.15, -0.1) is 0 Å². The second-order valence-electron chi connectivity index (χ2n) is 12.1. The maximum Gasteiger partial charge on any atom is 0.355 e. The SMILES string of the molecule is Cc1ccnc(C(C)C)c1-n1c(=O)nc(N2CCn3c(cnc3/C=C/c3cc(F)cc(F)c3)C2)c2cc(F)c(-c3c(O)cccc3F)nc21. The molecule has 248 valence electrons. The highest BCUT2D eigenvalue weighted by Crippen LogP contribution is 2.37. The molecule has 9 nitrogen and oxygen atoms in total. The van der Waals surface area contributed by atoms with Gasteiger partial charge in [-0.1, -0.05) is 26.0 Å².